The summed E-state index contributed by atoms with van der Waals surface area (Å²) in [7, 11) is 3.98. The summed E-state index contributed by atoms with van der Waals surface area (Å²) in [5, 5.41) is 0.709. The Bertz CT molecular complexity index is 240. The van der Waals surface area contributed by atoms with Crippen molar-refractivity contribution in [1.82, 2.24) is 0 Å². The maximum absolute atomic E-state index is 11.5. The molecular weight excluding hydrogens is 224 g/mol. The molecule has 3 heteroatoms. The molecule has 1 saturated heterocycles. The third kappa shape index (κ3) is 3.42. The second-order valence-corrected chi connectivity index (χ2v) is 8.49. The fourth-order valence-electron chi connectivity index (χ4n) is 2.23. The minimum Gasteiger partial charge on any atom is -0.299 e. The molecule has 1 nitrogen and oxygen atoms in total. The van der Waals surface area contributed by atoms with E-state index in [-0.39, 0.29) is 10.8 Å². The third-order valence-electron chi connectivity index (χ3n) is 3.37. The highest BCUT2D eigenvalue weighted by atomic mass is 33.1. The Balaban J connectivity index is 2.66. The van der Waals surface area contributed by atoms with Crippen LogP contribution < -0.4 is 0 Å². The lowest BCUT2D eigenvalue weighted by molar-refractivity contribution is -0.126. The first-order valence-corrected chi connectivity index (χ1v) is 7.93. The molecular formula is C12H22OS2. The molecule has 0 aromatic carbocycles. The maximum Gasteiger partial charge on any atom is 0.135 e. The smallest absolute Gasteiger partial charge is 0.135 e. The maximum atomic E-state index is 11.5. The van der Waals surface area contributed by atoms with Crippen molar-refractivity contribution in [3.8, 4) is 0 Å². The van der Waals surface area contributed by atoms with Gasteiger partial charge in [-0.25, -0.2) is 0 Å². The van der Waals surface area contributed by atoms with E-state index in [0.29, 0.717) is 11.0 Å². The molecule has 1 rings (SSSR count). The number of carbonyl (C=O) groups is 1. The number of rotatable bonds is 4. The summed E-state index contributed by atoms with van der Waals surface area (Å²) in [6.07, 6.45) is 2.28. The summed E-state index contributed by atoms with van der Waals surface area (Å²) >= 11 is 0. The number of Topliss-reactive ketones (excluding diaryl/α,β-unsaturated/α-hetero) is 1. The summed E-state index contributed by atoms with van der Waals surface area (Å²) in [6.45, 7) is 10.5. The van der Waals surface area contributed by atoms with Gasteiger partial charge < -0.3 is 0 Å². The second-order valence-electron chi connectivity index (χ2n) is 5.80. The van der Waals surface area contributed by atoms with E-state index in [1.165, 1.54) is 12.2 Å². The van der Waals surface area contributed by atoms with E-state index in [4.69, 9.17) is 0 Å². The predicted molar refractivity (Wildman–Crippen MR) is 71.3 cm³/mol. The van der Waals surface area contributed by atoms with E-state index in [2.05, 4.69) is 27.7 Å². The quantitative estimate of drug-likeness (QED) is 0.693. The van der Waals surface area contributed by atoms with Gasteiger partial charge >= 0.3 is 0 Å². The molecule has 1 heterocycles. The van der Waals surface area contributed by atoms with Gasteiger partial charge in [0.05, 0.1) is 0 Å². The number of carbonyl (C=O) groups excluding carboxylic acids is 1. The number of ketones is 1. The average molecular weight is 246 g/mol. The van der Waals surface area contributed by atoms with Crippen molar-refractivity contribution in [2.24, 2.45) is 10.8 Å². The normalized spacial score (nSPS) is 23.1. The molecule has 1 atom stereocenters. The van der Waals surface area contributed by atoms with Crippen molar-refractivity contribution < 1.29 is 4.79 Å². The fourth-order valence-corrected chi connectivity index (χ4v) is 5.67. The molecule has 1 fully saturated rings. The molecule has 1 aliphatic heterocycles. The van der Waals surface area contributed by atoms with Crippen molar-refractivity contribution in [1.29, 1.82) is 0 Å². The predicted octanol–water partition coefficient (Wildman–Crippen LogP) is 4.17. The first kappa shape index (κ1) is 13.4. The Morgan fingerprint density at radius 1 is 1.33 bits per heavy atom. The van der Waals surface area contributed by atoms with Crippen molar-refractivity contribution >= 4 is 27.4 Å². The molecule has 0 aromatic rings. The summed E-state index contributed by atoms with van der Waals surface area (Å²) in [5.74, 6) is 1.57. The van der Waals surface area contributed by atoms with Crippen molar-refractivity contribution in [3.05, 3.63) is 0 Å². The highest BCUT2D eigenvalue weighted by Gasteiger charge is 2.39. The zero-order valence-corrected chi connectivity index (χ0v) is 12.1. The minimum atomic E-state index is -0.169. The van der Waals surface area contributed by atoms with Crippen LogP contribution in [0.5, 0.6) is 0 Å². The summed E-state index contributed by atoms with van der Waals surface area (Å²) in [4.78, 5) is 11.5. The van der Waals surface area contributed by atoms with Crippen LogP contribution in [-0.2, 0) is 4.79 Å². The molecule has 0 aromatic heterocycles. The van der Waals surface area contributed by atoms with Crippen LogP contribution in [0.25, 0.3) is 0 Å². The summed E-state index contributed by atoms with van der Waals surface area (Å²) in [6, 6.07) is 0. The topological polar surface area (TPSA) is 17.1 Å². The molecule has 0 spiro atoms. The zero-order valence-electron chi connectivity index (χ0n) is 10.4. The minimum absolute atomic E-state index is 0.169. The van der Waals surface area contributed by atoms with Gasteiger partial charge in [-0.15, -0.1) is 0 Å². The lowest BCUT2D eigenvalue weighted by Gasteiger charge is -2.37. The average Bonchev–Trinajstić information content (AvgIpc) is 2.53. The van der Waals surface area contributed by atoms with Gasteiger partial charge in [-0.2, -0.15) is 0 Å². The Morgan fingerprint density at radius 3 is 2.33 bits per heavy atom. The van der Waals surface area contributed by atoms with Gasteiger partial charge in [0, 0.05) is 16.4 Å². The van der Waals surface area contributed by atoms with Gasteiger partial charge in [0.2, 0.25) is 0 Å². The molecule has 0 N–H and O–H groups in total. The summed E-state index contributed by atoms with van der Waals surface area (Å²) < 4.78 is 0. The van der Waals surface area contributed by atoms with Gasteiger partial charge in [0.15, 0.2) is 0 Å². The van der Waals surface area contributed by atoms with Gasteiger partial charge in [0.1, 0.15) is 5.78 Å². The Kier molecular flexibility index (Phi) is 4.21. The first-order chi connectivity index (χ1) is 6.76. The Morgan fingerprint density at radius 2 is 1.93 bits per heavy atom. The Labute approximate surface area is 102 Å². The van der Waals surface area contributed by atoms with E-state index in [1.807, 2.05) is 21.6 Å². The zero-order chi connectivity index (χ0) is 11.7. The highest BCUT2D eigenvalue weighted by Crippen LogP contribution is 2.50. The van der Waals surface area contributed by atoms with E-state index < -0.39 is 0 Å². The van der Waals surface area contributed by atoms with Crippen LogP contribution in [0, 0.1) is 10.8 Å². The van der Waals surface area contributed by atoms with Gasteiger partial charge in [0.25, 0.3) is 0 Å². The van der Waals surface area contributed by atoms with Gasteiger partial charge in [-0.05, 0) is 25.2 Å². The van der Waals surface area contributed by atoms with E-state index in [9.17, 15) is 4.79 Å². The number of hydrogen-bond acceptors (Lipinski definition) is 3. The lowest BCUT2D eigenvalue weighted by atomic mass is 9.71. The standard InChI is InChI=1S/C12H22OS2/c1-9(13)11(2,3)8-12(4,5)10-6-7-14-15-10/h10H,6-8H2,1-5H3. The van der Waals surface area contributed by atoms with Crippen LogP contribution in [-0.4, -0.2) is 16.8 Å². The lowest BCUT2D eigenvalue weighted by Crippen LogP contribution is -2.34. The molecule has 0 bridgehead atoms. The molecule has 15 heavy (non-hydrogen) atoms. The van der Waals surface area contributed by atoms with E-state index >= 15 is 0 Å². The van der Waals surface area contributed by atoms with E-state index in [0.717, 1.165) is 6.42 Å². The molecule has 0 saturated carbocycles. The monoisotopic (exact) mass is 246 g/mol. The Hall–Kier alpha value is 0.370. The van der Waals surface area contributed by atoms with Gasteiger partial charge in [-0.1, -0.05) is 49.3 Å². The van der Waals surface area contributed by atoms with Crippen LogP contribution >= 0.6 is 21.6 Å². The second kappa shape index (κ2) is 4.70. The van der Waals surface area contributed by atoms with Gasteiger partial charge in [-0.3, -0.25) is 4.79 Å². The molecule has 1 aliphatic rings. The molecule has 88 valence electrons. The third-order valence-corrected chi connectivity index (χ3v) is 6.62. The van der Waals surface area contributed by atoms with Crippen molar-refractivity contribution in [2.45, 2.75) is 52.7 Å². The van der Waals surface area contributed by atoms with Crippen LogP contribution in [0.15, 0.2) is 0 Å². The molecule has 0 radical (unpaired) electrons. The molecule has 1 unspecified atom stereocenters. The molecule has 0 aliphatic carbocycles. The molecule has 0 amide bonds. The van der Waals surface area contributed by atoms with Crippen LogP contribution in [0.2, 0.25) is 0 Å². The first-order valence-electron chi connectivity index (χ1n) is 5.55. The van der Waals surface area contributed by atoms with Crippen molar-refractivity contribution in [3.63, 3.8) is 0 Å². The highest BCUT2D eigenvalue weighted by molar-refractivity contribution is 8.77. The number of hydrogen-bond donors (Lipinski definition) is 0. The van der Waals surface area contributed by atoms with E-state index in [1.54, 1.807) is 6.92 Å². The summed E-state index contributed by atoms with van der Waals surface area (Å²) in [5.41, 5.74) is 0.0979. The van der Waals surface area contributed by atoms with Crippen LogP contribution in [0.4, 0.5) is 0 Å². The largest absolute Gasteiger partial charge is 0.299 e. The van der Waals surface area contributed by atoms with Crippen molar-refractivity contribution in [2.75, 3.05) is 5.75 Å². The van der Waals surface area contributed by atoms with Crippen LogP contribution in [0.3, 0.4) is 0 Å². The fraction of sp³-hybridized carbons (Fsp3) is 0.917. The van der Waals surface area contributed by atoms with Crippen LogP contribution in [0.1, 0.15) is 47.5 Å². The SMILES string of the molecule is CC(=O)C(C)(C)CC(C)(C)C1CCSS1.